The van der Waals surface area contributed by atoms with Crippen molar-refractivity contribution in [2.24, 2.45) is 0 Å². The van der Waals surface area contributed by atoms with Crippen LogP contribution in [0.15, 0.2) is 29.2 Å². The van der Waals surface area contributed by atoms with Crippen molar-refractivity contribution in [2.75, 3.05) is 20.7 Å². The van der Waals surface area contributed by atoms with Crippen molar-refractivity contribution in [3.05, 3.63) is 29.8 Å². The molecular weight excluding hydrogens is 372 g/mol. The molecule has 0 saturated heterocycles. The molecule has 1 aromatic rings. The number of carboxylic acid groups (broad SMARTS) is 1. The van der Waals surface area contributed by atoms with Crippen LogP contribution < -0.4 is 5.32 Å². The molecule has 1 aromatic carbocycles. The van der Waals surface area contributed by atoms with Gasteiger partial charge in [-0.05, 0) is 31.0 Å². The van der Waals surface area contributed by atoms with Gasteiger partial charge in [-0.25, -0.2) is 13.2 Å². The minimum atomic E-state index is -3.71. The molecule has 0 bridgehead atoms. The number of hydrogen-bond acceptors (Lipinski definition) is 5. The van der Waals surface area contributed by atoms with Crippen molar-refractivity contribution in [1.29, 1.82) is 0 Å². The Morgan fingerprint density at radius 1 is 1.30 bits per heavy atom. The fraction of sp³-hybridized carbons (Fsp3) is 0.556. The Morgan fingerprint density at radius 2 is 1.96 bits per heavy atom. The van der Waals surface area contributed by atoms with Gasteiger partial charge in [-0.3, -0.25) is 4.79 Å². The maximum atomic E-state index is 12.9. The van der Waals surface area contributed by atoms with E-state index in [0.717, 1.165) is 32.1 Å². The van der Waals surface area contributed by atoms with Crippen LogP contribution in [0.25, 0.3) is 0 Å². The molecule has 1 aliphatic carbocycles. The molecule has 2 N–H and O–H groups in total. The summed E-state index contributed by atoms with van der Waals surface area (Å²) in [5.41, 5.74) is 0.147. The van der Waals surface area contributed by atoms with Gasteiger partial charge in [-0.2, -0.15) is 4.31 Å². The van der Waals surface area contributed by atoms with E-state index < -0.39 is 28.0 Å². The van der Waals surface area contributed by atoms with E-state index in [2.05, 4.69) is 5.32 Å². The van der Waals surface area contributed by atoms with Crippen LogP contribution in [0.4, 0.5) is 0 Å². The van der Waals surface area contributed by atoms with Crippen molar-refractivity contribution in [3.8, 4) is 0 Å². The number of sulfonamides is 1. The standard InChI is InChI=1S/C18H26N2O6S/c1-20(14-8-4-3-5-9-14)27(24,25)15-10-6-7-13(11-15)17(21)19-12-16(26-2)18(22)23/h6-7,10-11,14,16H,3-5,8-9,12H2,1-2H3,(H,19,21)(H,22,23). The van der Waals surface area contributed by atoms with E-state index >= 15 is 0 Å². The van der Waals surface area contributed by atoms with Crippen molar-refractivity contribution in [3.63, 3.8) is 0 Å². The third-order valence-corrected chi connectivity index (χ3v) is 6.78. The predicted octanol–water partition coefficient (Wildman–Crippen LogP) is 1.47. The number of carbonyl (C=O) groups excluding carboxylic acids is 1. The number of amides is 1. The molecule has 0 radical (unpaired) electrons. The molecule has 0 spiro atoms. The Balaban J connectivity index is 2.13. The largest absolute Gasteiger partial charge is 0.479 e. The van der Waals surface area contributed by atoms with E-state index in [-0.39, 0.29) is 23.0 Å². The summed E-state index contributed by atoms with van der Waals surface area (Å²) in [5, 5.41) is 11.4. The number of rotatable bonds is 8. The lowest BCUT2D eigenvalue weighted by Crippen LogP contribution is -2.39. The summed E-state index contributed by atoms with van der Waals surface area (Å²) in [6, 6.07) is 5.73. The van der Waals surface area contributed by atoms with Crippen molar-refractivity contribution >= 4 is 21.9 Å². The number of nitrogens with one attached hydrogen (secondary N) is 1. The molecule has 0 aromatic heterocycles. The third-order valence-electron chi connectivity index (χ3n) is 4.87. The van der Waals surface area contributed by atoms with Gasteiger partial charge in [0.25, 0.3) is 5.91 Å². The first-order valence-corrected chi connectivity index (χ1v) is 10.3. The van der Waals surface area contributed by atoms with E-state index in [1.54, 1.807) is 7.05 Å². The highest BCUT2D eigenvalue weighted by Gasteiger charge is 2.29. The minimum Gasteiger partial charge on any atom is -0.479 e. The lowest BCUT2D eigenvalue weighted by atomic mass is 9.96. The summed E-state index contributed by atoms with van der Waals surface area (Å²) in [6.45, 7) is -0.219. The first kappa shape index (κ1) is 21.3. The molecule has 2 rings (SSSR count). The Morgan fingerprint density at radius 3 is 2.56 bits per heavy atom. The Kier molecular flexibility index (Phi) is 7.34. The summed E-state index contributed by atoms with van der Waals surface area (Å²) in [7, 11) is -0.897. The van der Waals surface area contributed by atoms with Gasteiger partial charge in [0.05, 0.1) is 11.4 Å². The van der Waals surface area contributed by atoms with Gasteiger partial charge in [0, 0.05) is 25.8 Å². The topological polar surface area (TPSA) is 113 Å². The molecule has 1 amide bonds. The van der Waals surface area contributed by atoms with Gasteiger partial charge in [-0.15, -0.1) is 0 Å². The average Bonchev–Trinajstić information content (AvgIpc) is 2.68. The van der Waals surface area contributed by atoms with Gasteiger partial charge in [0.1, 0.15) is 0 Å². The molecule has 1 saturated carbocycles. The molecular formula is C18H26N2O6S. The molecule has 27 heavy (non-hydrogen) atoms. The summed E-state index contributed by atoms with van der Waals surface area (Å²) < 4.78 is 32.0. The lowest BCUT2D eigenvalue weighted by molar-refractivity contribution is -0.148. The van der Waals surface area contributed by atoms with E-state index in [1.165, 1.54) is 35.7 Å². The number of aliphatic carboxylic acids is 1. The summed E-state index contributed by atoms with van der Waals surface area (Å²) in [6.07, 6.45) is 3.65. The molecule has 1 fully saturated rings. The van der Waals surface area contributed by atoms with E-state index in [9.17, 15) is 18.0 Å². The predicted molar refractivity (Wildman–Crippen MR) is 99.0 cm³/mol. The number of carboxylic acids is 1. The first-order valence-electron chi connectivity index (χ1n) is 8.89. The Hall–Kier alpha value is -1.97. The fourth-order valence-electron chi connectivity index (χ4n) is 3.16. The molecule has 8 nitrogen and oxygen atoms in total. The van der Waals surface area contributed by atoms with Crippen LogP contribution in [-0.4, -0.2) is 62.6 Å². The molecule has 1 unspecified atom stereocenters. The second kappa shape index (κ2) is 9.29. The van der Waals surface area contributed by atoms with Crippen LogP contribution in [0.1, 0.15) is 42.5 Å². The van der Waals surface area contributed by atoms with Crippen LogP contribution in [0, 0.1) is 0 Å². The van der Waals surface area contributed by atoms with Gasteiger partial charge in [0.15, 0.2) is 6.10 Å². The lowest BCUT2D eigenvalue weighted by Gasteiger charge is -2.30. The smallest absolute Gasteiger partial charge is 0.334 e. The zero-order chi connectivity index (χ0) is 20.0. The van der Waals surface area contributed by atoms with E-state index in [1.807, 2.05) is 0 Å². The number of nitrogens with zero attached hydrogens (tertiary/aromatic N) is 1. The van der Waals surface area contributed by atoms with Gasteiger partial charge in [-0.1, -0.05) is 25.3 Å². The molecule has 0 aliphatic heterocycles. The van der Waals surface area contributed by atoms with Crippen LogP contribution >= 0.6 is 0 Å². The highest BCUT2D eigenvalue weighted by molar-refractivity contribution is 7.89. The molecule has 1 atom stereocenters. The van der Waals surface area contributed by atoms with Crippen molar-refractivity contribution in [2.45, 2.75) is 49.1 Å². The molecule has 9 heteroatoms. The van der Waals surface area contributed by atoms with Gasteiger partial charge in [0.2, 0.25) is 10.0 Å². The number of carbonyl (C=O) groups is 2. The van der Waals surface area contributed by atoms with E-state index in [4.69, 9.17) is 9.84 Å². The molecule has 1 aliphatic rings. The quantitative estimate of drug-likeness (QED) is 0.686. The average molecular weight is 398 g/mol. The van der Waals surface area contributed by atoms with Crippen LogP contribution in [-0.2, 0) is 19.6 Å². The number of methoxy groups -OCH3 is 1. The Labute approximate surface area is 159 Å². The second-order valence-corrected chi connectivity index (χ2v) is 8.61. The van der Waals surface area contributed by atoms with Crippen molar-refractivity contribution in [1.82, 2.24) is 9.62 Å². The van der Waals surface area contributed by atoms with Crippen molar-refractivity contribution < 1.29 is 27.9 Å². The van der Waals surface area contributed by atoms with Gasteiger partial charge < -0.3 is 15.2 Å². The molecule has 150 valence electrons. The first-order chi connectivity index (χ1) is 12.8. The number of hydrogen-bond donors (Lipinski definition) is 2. The minimum absolute atomic E-state index is 0.0285. The van der Waals surface area contributed by atoms with Crippen LogP contribution in [0.2, 0.25) is 0 Å². The molecule has 0 heterocycles. The normalized spacial score (nSPS) is 16.9. The maximum absolute atomic E-state index is 12.9. The highest BCUT2D eigenvalue weighted by atomic mass is 32.2. The summed E-state index contributed by atoms with van der Waals surface area (Å²) in [4.78, 5) is 23.2. The second-order valence-electron chi connectivity index (χ2n) is 6.61. The van der Waals surface area contributed by atoms with Crippen LogP contribution in [0.3, 0.4) is 0 Å². The summed E-state index contributed by atoms with van der Waals surface area (Å²) >= 11 is 0. The number of benzene rings is 1. The SMILES string of the molecule is COC(CNC(=O)c1cccc(S(=O)(=O)N(C)C2CCCCC2)c1)C(=O)O. The fourth-order valence-corrected chi connectivity index (χ4v) is 4.63. The van der Waals surface area contributed by atoms with Crippen LogP contribution in [0.5, 0.6) is 0 Å². The number of ether oxygens (including phenoxy) is 1. The van der Waals surface area contributed by atoms with E-state index in [0.29, 0.717) is 0 Å². The zero-order valence-corrected chi connectivity index (χ0v) is 16.4. The highest BCUT2D eigenvalue weighted by Crippen LogP contribution is 2.26. The summed E-state index contributed by atoms with van der Waals surface area (Å²) in [5.74, 6) is -1.75. The maximum Gasteiger partial charge on any atom is 0.334 e. The Bertz CT molecular complexity index is 774. The zero-order valence-electron chi connectivity index (χ0n) is 15.6. The van der Waals surface area contributed by atoms with Gasteiger partial charge >= 0.3 is 5.97 Å². The monoisotopic (exact) mass is 398 g/mol. The third kappa shape index (κ3) is 5.27.